The van der Waals surface area contributed by atoms with Gasteiger partial charge in [-0.25, -0.2) is 4.98 Å². The standard InChI is InChI=1S/C21H13Cl2N3O3/c22-14-6-8-15(9-7-14)25-11-24-20-17(21(25)29)18(23)16(10-27)19(26(20)12-28)13-4-2-1-3-5-13/h1-12,19H. The van der Waals surface area contributed by atoms with Gasteiger partial charge in [-0.05, 0) is 29.8 Å². The molecule has 1 aliphatic heterocycles. The summed E-state index contributed by atoms with van der Waals surface area (Å²) in [4.78, 5) is 42.6. The van der Waals surface area contributed by atoms with Crippen molar-refractivity contribution in [3.63, 3.8) is 0 Å². The molecule has 0 fully saturated rings. The van der Waals surface area contributed by atoms with Gasteiger partial charge in [0.05, 0.1) is 16.8 Å². The average molecular weight is 426 g/mol. The monoisotopic (exact) mass is 425 g/mol. The van der Waals surface area contributed by atoms with Gasteiger partial charge >= 0.3 is 0 Å². The van der Waals surface area contributed by atoms with Crippen LogP contribution in [0, 0.1) is 0 Å². The minimum Gasteiger partial charge on any atom is -0.298 e. The molecule has 8 heteroatoms. The fraction of sp³-hybridized carbons (Fsp3) is 0.0476. The third kappa shape index (κ3) is 3.16. The zero-order valence-electron chi connectivity index (χ0n) is 14.8. The maximum Gasteiger partial charge on any atom is 0.268 e. The quantitative estimate of drug-likeness (QED) is 0.596. The number of carbonyl (C=O) groups is 2. The minimum absolute atomic E-state index is 0.00880. The number of rotatable bonds is 4. The highest BCUT2D eigenvalue weighted by atomic mass is 35.5. The summed E-state index contributed by atoms with van der Waals surface area (Å²) in [5, 5.41) is 0.495. The summed E-state index contributed by atoms with van der Waals surface area (Å²) in [7, 11) is 0. The molecule has 1 aromatic heterocycles. The van der Waals surface area contributed by atoms with Crippen LogP contribution in [-0.4, -0.2) is 22.2 Å². The van der Waals surface area contributed by atoms with Gasteiger partial charge < -0.3 is 0 Å². The zero-order chi connectivity index (χ0) is 20.5. The van der Waals surface area contributed by atoms with Gasteiger partial charge in [-0.3, -0.25) is 23.9 Å². The van der Waals surface area contributed by atoms with Crippen LogP contribution in [0.25, 0.3) is 10.7 Å². The van der Waals surface area contributed by atoms with Gasteiger partial charge in [0.15, 0.2) is 5.82 Å². The molecule has 2 aromatic carbocycles. The number of aromatic nitrogens is 2. The Morgan fingerprint density at radius 1 is 0.966 bits per heavy atom. The van der Waals surface area contributed by atoms with E-state index in [-0.39, 0.29) is 22.0 Å². The second-order valence-corrected chi connectivity index (χ2v) is 7.12. The number of amides is 1. The van der Waals surface area contributed by atoms with Gasteiger partial charge in [-0.1, -0.05) is 53.5 Å². The van der Waals surface area contributed by atoms with Crippen LogP contribution in [0.4, 0.5) is 5.82 Å². The number of carbonyl (C=O) groups excluding carboxylic acids is 2. The summed E-state index contributed by atoms with van der Waals surface area (Å²) in [6, 6.07) is 14.8. The first kappa shape index (κ1) is 19.1. The zero-order valence-corrected chi connectivity index (χ0v) is 16.3. The van der Waals surface area contributed by atoms with E-state index >= 15 is 0 Å². The smallest absolute Gasteiger partial charge is 0.268 e. The summed E-state index contributed by atoms with van der Waals surface area (Å²) < 4.78 is 1.28. The van der Waals surface area contributed by atoms with E-state index in [4.69, 9.17) is 23.2 Å². The molecular weight excluding hydrogens is 413 g/mol. The normalized spacial score (nSPS) is 15.8. The lowest BCUT2D eigenvalue weighted by molar-refractivity contribution is -0.108. The second-order valence-electron chi connectivity index (χ2n) is 6.31. The lowest BCUT2D eigenvalue weighted by atomic mass is 9.93. The molecule has 1 unspecified atom stereocenters. The first-order valence-electron chi connectivity index (χ1n) is 8.58. The number of nitrogens with zero attached hydrogens (tertiary/aromatic N) is 3. The van der Waals surface area contributed by atoms with Crippen molar-refractivity contribution >= 4 is 46.7 Å². The van der Waals surface area contributed by atoms with E-state index in [1.807, 2.05) is 6.07 Å². The summed E-state index contributed by atoms with van der Waals surface area (Å²) in [5.74, 6) is 0.0969. The van der Waals surface area contributed by atoms with Crippen LogP contribution in [0.3, 0.4) is 0 Å². The minimum atomic E-state index is -0.774. The third-order valence-corrected chi connectivity index (χ3v) is 5.36. The van der Waals surface area contributed by atoms with Crippen molar-refractivity contribution in [3.8, 4) is 5.69 Å². The number of hydrogen-bond donors (Lipinski definition) is 0. The third-order valence-electron chi connectivity index (χ3n) is 4.70. The van der Waals surface area contributed by atoms with Crippen molar-refractivity contribution in [1.82, 2.24) is 9.55 Å². The highest BCUT2D eigenvalue weighted by Gasteiger charge is 2.36. The number of hydrogen-bond acceptors (Lipinski definition) is 4. The molecule has 0 saturated carbocycles. The molecule has 0 N–H and O–H groups in total. The SMILES string of the molecule is O=CC1=C(Cl)c2c(ncn(-c3ccc(Cl)cc3)c2=O)N(C=O)C1c1ccccc1. The van der Waals surface area contributed by atoms with Crippen molar-refractivity contribution < 1.29 is 9.59 Å². The van der Waals surface area contributed by atoms with Crippen LogP contribution in [0.5, 0.6) is 0 Å². The van der Waals surface area contributed by atoms with Crippen LogP contribution in [0.1, 0.15) is 17.2 Å². The highest BCUT2D eigenvalue weighted by molar-refractivity contribution is 6.51. The molecule has 0 saturated heterocycles. The van der Waals surface area contributed by atoms with Crippen LogP contribution >= 0.6 is 23.2 Å². The Labute approximate surface area is 175 Å². The van der Waals surface area contributed by atoms with Gasteiger partial charge in [0, 0.05) is 10.6 Å². The lowest BCUT2D eigenvalue weighted by Crippen LogP contribution is -2.37. The Morgan fingerprint density at radius 3 is 2.28 bits per heavy atom. The lowest BCUT2D eigenvalue weighted by Gasteiger charge is -2.33. The van der Waals surface area contributed by atoms with E-state index < -0.39 is 11.6 Å². The Balaban J connectivity index is 1.97. The molecule has 1 aliphatic rings. The van der Waals surface area contributed by atoms with Crippen LogP contribution in [0.15, 0.2) is 71.3 Å². The molecule has 4 rings (SSSR count). The van der Waals surface area contributed by atoms with E-state index in [0.29, 0.717) is 29.0 Å². The fourth-order valence-corrected chi connectivity index (χ4v) is 3.80. The molecule has 3 aromatic rings. The Morgan fingerprint density at radius 2 is 1.66 bits per heavy atom. The Bertz CT molecular complexity index is 1190. The van der Waals surface area contributed by atoms with Crippen molar-refractivity contribution in [1.29, 1.82) is 0 Å². The second kappa shape index (κ2) is 7.66. The number of fused-ring (bicyclic) bond motifs is 1. The van der Waals surface area contributed by atoms with Gasteiger partial charge in [0.2, 0.25) is 6.41 Å². The summed E-state index contributed by atoms with van der Waals surface area (Å²) >= 11 is 12.4. The molecule has 1 amide bonds. The average Bonchev–Trinajstić information content (AvgIpc) is 2.75. The fourth-order valence-electron chi connectivity index (χ4n) is 3.36. The van der Waals surface area contributed by atoms with Gasteiger partial charge in [0.25, 0.3) is 5.56 Å². The number of benzene rings is 2. The molecule has 0 radical (unpaired) electrons. The van der Waals surface area contributed by atoms with Crippen molar-refractivity contribution in [3.05, 3.63) is 93.0 Å². The predicted molar refractivity (Wildman–Crippen MR) is 111 cm³/mol. The Kier molecular flexibility index (Phi) is 5.05. The van der Waals surface area contributed by atoms with E-state index in [1.54, 1.807) is 48.5 Å². The van der Waals surface area contributed by atoms with E-state index in [0.717, 1.165) is 0 Å². The van der Waals surface area contributed by atoms with Crippen LogP contribution in [0.2, 0.25) is 5.02 Å². The van der Waals surface area contributed by atoms with Gasteiger partial charge in [-0.15, -0.1) is 0 Å². The van der Waals surface area contributed by atoms with E-state index in [1.165, 1.54) is 15.8 Å². The van der Waals surface area contributed by atoms with E-state index in [2.05, 4.69) is 4.98 Å². The maximum atomic E-state index is 13.2. The van der Waals surface area contributed by atoms with E-state index in [9.17, 15) is 14.4 Å². The van der Waals surface area contributed by atoms with Gasteiger partial charge in [-0.2, -0.15) is 0 Å². The summed E-state index contributed by atoms with van der Waals surface area (Å²) in [6.45, 7) is 0. The van der Waals surface area contributed by atoms with Crippen LogP contribution < -0.4 is 10.5 Å². The number of halogens is 2. The molecule has 29 heavy (non-hydrogen) atoms. The topological polar surface area (TPSA) is 72.3 Å². The first-order valence-corrected chi connectivity index (χ1v) is 9.33. The Hall–Kier alpha value is -3.22. The summed E-state index contributed by atoms with van der Waals surface area (Å²) in [5.41, 5.74) is 0.805. The molecule has 144 valence electrons. The van der Waals surface area contributed by atoms with Crippen molar-refractivity contribution in [2.24, 2.45) is 0 Å². The highest BCUT2D eigenvalue weighted by Crippen LogP contribution is 2.42. The molecule has 2 heterocycles. The largest absolute Gasteiger partial charge is 0.298 e. The predicted octanol–water partition coefficient (Wildman–Crippen LogP) is 3.75. The summed E-state index contributed by atoms with van der Waals surface area (Å²) in [6.07, 6.45) is 2.43. The van der Waals surface area contributed by atoms with Crippen LogP contribution in [-0.2, 0) is 9.59 Å². The maximum absolute atomic E-state index is 13.2. The van der Waals surface area contributed by atoms with Crippen molar-refractivity contribution in [2.45, 2.75) is 6.04 Å². The molecular formula is C21H13Cl2N3O3. The molecule has 6 nitrogen and oxygen atoms in total. The van der Waals surface area contributed by atoms with Gasteiger partial charge in [0.1, 0.15) is 18.2 Å². The van der Waals surface area contributed by atoms with Crippen molar-refractivity contribution in [2.75, 3.05) is 4.90 Å². The molecule has 0 aliphatic carbocycles. The molecule has 0 bridgehead atoms. The number of aldehydes is 1. The first-order chi connectivity index (χ1) is 14.1. The molecule has 0 spiro atoms. The number of anilines is 1. The molecule has 1 atom stereocenters.